The van der Waals surface area contributed by atoms with Crippen LogP contribution in [0, 0.1) is 13.8 Å². The van der Waals surface area contributed by atoms with E-state index in [-0.39, 0.29) is 5.97 Å². The highest BCUT2D eigenvalue weighted by Gasteiger charge is 2.09. The first-order valence-corrected chi connectivity index (χ1v) is 6.47. The summed E-state index contributed by atoms with van der Waals surface area (Å²) in [7, 11) is 1.63. The zero-order chi connectivity index (χ0) is 14.5. The summed E-state index contributed by atoms with van der Waals surface area (Å²) >= 11 is 0. The maximum Gasteiger partial charge on any atom is 0.343 e. The third-order valence-electron chi connectivity index (χ3n) is 2.88. The Morgan fingerprint density at radius 2 is 1.75 bits per heavy atom. The lowest BCUT2D eigenvalue weighted by atomic mass is 10.1. The van der Waals surface area contributed by atoms with Crippen molar-refractivity contribution in [3.05, 3.63) is 64.7 Å². The first-order chi connectivity index (χ1) is 9.58. The van der Waals surface area contributed by atoms with E-state index in [0.717, 1.165) is 16.7 Å². The van der Waals surface area contributed by atoms with Crippen LogP contribution in [0.3, 0.4) is 0 Å². The topological polar surface area (TPSA) is 35.5 Å². The molecule has 0 atom stereocenters. The van der Waals surface area contributed by atoms with Gasteiger partial charge in [-0.1, -0.05) is 18.2 Å². The van der Waals surface area contributed by atoms with Crippen LogP contribution in [0.25, 0.3) is 0 Å². The number of esters is 1. The van der Waals surface area contributed by atoms with Crippen molar-refractivity contribution in [1.29, 1.82) is 0 Å². The lowest BCUT2D eigenvalue weighted by Gasteiger charge is -2.07. The largest absolute Gasteiger partial charge is 0.423 e. The van der Waals surface area contributed by atoms with E-state index in [0.29, 0.717) is 17.9 Å². The second-order valence-electron chi connectivity index (χ2n) is 4.85. The van der Waals surface area contributed by atoms with Gasteiger partial charge in [0.15, 0.2) is 0 Å². The third-order valence-corrected chi connectivity index (χ3v) is 2.88. The van der Waals surface area contributed by atoms with Crippen LogP contribution in [0.15, 0.2) is 42.5 Å². The fourth-order valence-electron chi connectivity index (χ4n) is 2.11. The lowest BCUT2D eigenvalue weighted by Crippen LogP contribution is -2.09. The first-order valence-electron chi connectivity index (χ1n) is 6.47. The van der Waals surface area contributed by atoms with E-state index >= 15 is 0 Å². The Balaban J connectivity index is 2.17. The third kappa shape index (κ3) is 3.68. The molecule has 0 aromatic heterocycles. The van der Waals surface area contributed by atoms with E-state index in [9.17, 15) is 4.79 Å². The molecule has 2 aromatic carbocycles. The highest BCUT2D eigenvalue weighted by molar-refractivity contribution is 5.91. The standard InChI is InChI=1S/C17H18O3/c1-12-7-13(2)9-16(8-12)20-17(18)15-6-4-5-14(10-15)11-19-3/h4-10H,11H2,1-3H3. The smallest absolute Gasteiger partial charge is 0.343 e. The summed E-state index contributed by atoms with van der Waals surface area (Å²) in [5.74, 6) is 0.220. The Morgan fingerprint density at radius 1 is 1.05 bits per heavy atom. The van der Waals surface area contributed by atoms with Crippen LogP contribution in [0.1, 0.15) is 27.0 Å². The fraction of sp³-hybridized carbons (Fsp3) is 0.235. The average molecular weight is 270 g/mol. The van der Waals surface area contributed by atoms with Crippen LogP contribution >= 0.6 is 0 Å². The molecule has 0 fully saturated rings. The molecule has 2 rings (SSSR count). The molecule has 0 saturated carbocycles. The highest BCUT2D eigenvalue weighted by atomic mass is 16.5. The van der Waals surface area contributed by atoms with Crippen molar-refractivity contribution in [2.24, 2.45) is 0 Å². The number of methoxy groups -OCH3 is 1. The van der Waals surface area contributed by atoms with E-state index in [1.54, 1.807) is 19.2 Å². The summed E-state index contributed by atoms with van der Waals surface area (Å²) in [6, 6.07) is 13.0. The molecule has 0 unspecified atom stereocenters. The molecule has 0 radical (unpaired) electrons. The molecule has 0 saturated heterocycles. The van der Waals surface area contributed by atoms with Crippen LogP contribution in [-0.2, 0) is 11.3 Å². The van der Waals surface area contributed by atoms with E-state index in [2.05, 4.69) is 0 Å². The normalized spacial score (nSPS) is 10.3. The van der Waals surface area contributed by atoms with Crippen molar-refractivity contribution in [2.45, 2.75) is 20.5 Å². The lowest BCUT2D eigenvalue weighted by molar-refractivity contribution is 0.0734. The maximum absolute atomic E-state index is 12.1. The molecular formula is C17H18O3. The van der Waals surface area contributed by atoms with Gasteiger partial charge in [-0.3, -0.25) is 0 Å². The molecule has 0 aliphatic rings. The molecule has 0 spiro atoms. The molecule has 3 nitrogen and oxygen atoms in total. The Bertz CT molecular complexity index is 597. The van der Waals surface area contributed by atoms with Crippen LogP contribution in [0.4, 0.5) is 0 Å². The minimum Gasteiger partial charge on any atom is -0.423 e. The molecule has 3 heteroatoms. The number of carbonyl (C=O) groups excluding carboxylic acids is 1. The van der Waals surface area contributed by atoms with E-state index < -0.39 is 0 Å². The summed E-state index contributed by atoms with van der Waals surface area (Å²) in [5, 5.41) is 0. The van der Waals surface area contributed by atoms with Crippen LogP contribution in [0.5, 0.6) is 5.75 Å². The quantitative estimate of drug-likeness (QED) is 0.628. The number of hydrogen-bond acceptors (Lipinski definition) is 3. The van der Waals surface area contributed by atoms with Gasteiger partial charge in [-0.25, -0.2) is 4.79 Å². The van der Waals surface area contributed by atoms with Crippen molar-refractivity contribution in [3.63, 3.8) is 0 Å². The molecule has 0 bridgehead atoms. The summed E-state index contributed by atoms with van der Waals surface area (Å²) in [5.41, 5.74) is 3.61. The zero-order valence-electron chi connectivity index (χ0n) is 12.0. The highest BCUT2D eigenvalue weighted by Crippen LogP contribution is 2.18. The van der Waals surface area contributed by atoms with Gasteiger partial charge in [0, 0.05) is 7.11 Å². The molecule has 0 aliphatic carbocycles. The second kappa shape index (κ2) is 6.35. The van der Waals surface area contributed by atoms with E-state index in [1.165, 1.54) is 0 Å². The molecule has 0 N–H and O–H groups in total. The van der Waals surface area contributed by atoms with Gasteiger partial charge in [-0.2, -0.15) is 0 Å². The minimum absolute atomic E-state index is 0.354. The molecule has 104 valence electrons. The van der Waals surface area contributed by atoms with Gasteiger partial charge in [0.2, 0.25) is 0 Å². The van der Waals surface area contributed by atoms with Crippen LogP contribution < -0.4 is 4.74 Å². The van der Waals surface area contributed by atoms with Gasteiger partial charge in [0.1, 0.15) is 5.75 Å². The Morgan fingerprint density at radius 3 is 2.40 bits per heavy atom. The molecule has 0 heterocycles. The van der Waals surface area contributed by atoms with Gasteiger partial charge in [-0.15, -0.1) is 0 Å². The monoisotopic (exact) mass is 270 g/mol. The summed E-state index contributed by atoms with van der Waals surface area (Å²) in [4.78, 5) is 12.1. The summed E-state index contributed by atoms with van der Waals surface area (Å²) in [6.07, 6.45) is 0. The SMILES string of the molecule is COCc1cccc(C(=O)Oc2cc(C)cc(C)c2)c1. The Hall–Kier alpha value is -2.13. The molecule has 2 aromatic rings. The van der Waals surface area contributed by atoms with Gasteiger partial charge in [0.05, 0.1) is 12.2 Å². The summed E-state index contributed by atoms with van der Waals surface area (Å²) in [6.45, 7) is 4.43. The number of carbonyl (C=O) groups is 1. The molecule has 0 aliphatic heterocycles. The van der Waals surface area contributed by atoms with Crippen LogP contribution in [0.2, 0.25) is 0 Å². The minimum atomic E-state index is -0.354. The van der Waals surface area contributed by atoms with Gasteiger partial charge in [0.25, 0.3) is 0 Å². The number of ether oxygens (including phenoxy) is 2. The number of benzene rings is 2. The van der Waals surface area contributed by atoms with E-state index in [4.69, 9.17) is 9.47 Å². The van der Waals surface area contributed by atoms with Gasteiger partial charge >= 0.3 is 5.97 Å². The predicted molar refractivity (Wildman–Crippen MR) is 78.0 cm³/mol. The molecule has 0 amide bonds. The van der Waals surface area contributed by atoms with Crippen molar-refractivity contribution >= 4 is 5.97 Å². The maximum atomic E-state index is 12.1. The number of aryl methyl sites for hydroxylation is 2. The number of hydrogen-bond donors (Lipinski definition) is 0. The van der Waals surface area contributed by atoms with Crippen LogP contribution in [-0.4, -0.2) is 13.1 Å². The van der Waals surface area contributed by atoms with Gasteiger partial charge < -0.3 is 9.47 Å². The van der Waals surface area contributed by atoms with Crippen molar-refractivity contribution < 1.29 is 14.3 Å². The van der Waals surface area contributed by atoms with Crippen molar-refractivity contribution in [2.75, 3.05) is 7.11 Å². The summed E-state index contributed by atoms with van der Waals surface area (Å²) < 4.78 is 10.5. The van der Waals surface area contributed by atoms with Crippen molar-refractivity contribution in [1.82, 2.24) is 0 Å². The number of rotatable bonds is 4. The molecular weight excluding hydrogens is 252 g/mol. The predicted octanol–water partition coefficient (Wildman–Crippen LogP) is 3.67. The Labute approximate surface area is 119 Å². The van der Waals surface area contributed by atoms with E-state index in [1.807, 2.05) is 44.2 Å². The second-order valence-corrected chi connectivity index (χ2v) is 4.85. The zero-order valence-corrected chi connectivity index (χ0v) is 12.0. The average Bonchev–Trinajstić information content (AvgIpc) is 2.38. The van der Waals surface area contributed by atoms with Crippen molar-refractivity contribution in [3.8, 4) is 5.75 Å². The Kier molecular flexibility index (Phi) is 4.53. The fourth-order valence-corrected chi connectivity index (χ4v) is 2.11. The molecule has 20 heavy (non-hydrogen) atoms. The van der Waals surface area contributed by atoms with Gasteiger partial charge in [-0.05, 0) is 54.8 Å². The first kappa shape index (κ1) is 14.3.